The van der Waals surface area contributed by atoms with Gasteiger partial charge in [-0.1, -0.05) is 30.4 Å². The van der Waals surface area contributed by atoms with Crippen LogP contribution in [0, 0.1) is 11.8 Å². The number of hydrogen-bond acceptors (Lipinski definition) is 4. The Bertz CT molecular complexity index is 742. The molecule has 3 aliphatic rings. The molecule has 1 aliphatic carbocycles. The highest BCUT2D eigenvalue weighted by molar-refractivity contribution is 6.08. The Morgan fingerprint density at radius 1 is 0.926 bits per heavy atom. The minimum atomic E-state index is -0.723. The van der Waals surface area contributed by atoms with Crippen LogP contribution in [-0.4, -0.2) is 59.7 Å². The quantitative estimate of drug-likeness (QED) is 0.602. The topological polar surface area (TPSA) is 60.9 Å². The summed E-state index contributed by atoms with van der Waals surface area (Å²) in [6.45, 7) is 4.39. The Balaban J connectivity index is 1.40. The summed E-state index contributed by atoms with van der Waals surface area (Å²) in [4.78, 5) is 43.7. The minimum Gasteiger partial charge on any atom is -0.368 e. The Morgan fingerprint density at radius 3 is 2.04 bits per heavy atom. The van der Waals surface area contributed by atoms with Gasteiger partial charge in [-0.15, -0.1) is 0 Å². The fourth-order valence-corrected chi connectivity index (χ4v) is 4.41. The van der Waals surface area contributed by atoms with E-state index < -0.39 is 6.04 Å². The van der Waals surface area contributed by atoms with Crippen molar-refractivity contribution in [1.82, 2.24) is 9.80 Å². The summed E-state index contributed by atoms with van der Waals surface area (Å²) in [5.41, 5.74) is 1.15. The average molecular weight is 367 g/mol. The molecule has 2 heterocycles. The first-order valence-corrected chi connectivity index (χ1v) is 9.68. The van der Waals surface area contributed by atoms with Crippen LogP contribution in [0.3, 0.4) is 0 Å². The van der Waals surface area contributed by atoms with Crippen molar-refractivity contribution in [3.05, 3.63) is 42.5 Å². The fraction of sp³-hybridized carbons (Fsp3) is 0.476. The van der Waals surface area contributed by atoms with Crippen molar-refractivity contribution < 1.29 is 14.4 Å². The zero-order chi connectivity index (χ0) is 19.0. The summed E-state index contributed by atoms with van der Waals surface area (Å²) in [6, 6.07) is 9.41. The molecule has 2 saturated heterocycles. The average Bonchev–Trinajstić information content (AvgIpc) is 2.98. The number of piperazine rings is 1. The van der Waals surface area contributed by atoms with E-state index in [4.69, 9.17) is 0 Å². The normalized spacial score (nSPS) is 26.3. The van der Waals surface area contributed by atoms with Gasteiger partial charge in [0.2, 0.25) is 17.7 Å². The van der Waals surface area contributed by atoms with Crippen LogP contribution in [0.25, 0.3) is 0 Å². The van der Waals surface area contributed by atoms with Gasteiger partial charge in [-0.2, -0.15) is 0 Å². The molecule has 2 fully saturated rings. The molecule has 1 aromatic carbocycles. The third kappa shape index (κ3) is 3.13. The first kappa shape index (κ1) is 17.8. The van der Waals surface area contributed by atoms with Crippen LogP contribution in [-0.2, 0) is 14.4 Å². The van der Waals surface area contributed by atoms with E-state index >= 15 is 0 Å². The SMILES string of the molecule is C[C@@H](C(=O)N1CCN(c2ccccc2)CC1)N1C(=O)[C@@H]2CC=CC[C@H]2C1=O. The van der Waals surface area contributed by atoms with E-state index in [0.717, 1.165) is 18.8 Å². The number of fused-ring (bicyclic) bond motifs is 1. The molecule has 27 heavy (non-hydrogen) atoms. The van der Waals surface area contributed by atoms with Gasteiger partial charge in [0.05, 0.1) is 11.8 Å². The molecule has 6 nitrogen and oxygen atoms in total. The summed E-state index contributed by atoms with van der Waals surface area (Å²) in [5.74, 6) is -1.06. The molecule has 3 atom stereocenters. The van der Waals surface area contributed by atoms with Gasteiger partial charge in [0.1, 0.15) is 6.04 Å². The molecule has 6 heteroatoms. The van der Waals surface area contributed by atoms with Gasteiger partial charge in [-0.25, -0.2) is 0 Å². The van der Waals surface area contributed by atoms with Crippen molar-refractivity contribution >= 4 is 23.4 Å². The second-order valence-electron chi connectivity index (χ2n) is 7.53. The predicted molar refractivity (Wildman–Crippen MR) is 102 cm³/mol. The lowest BCUT2D eigenvalue weighted by molar-refractivity contribution is -0.151. The third-order valence-electron chi connectivity index (χ3n) is 6.00. The molecule has 0 saturated carbocycles. The number of imide groups is 1. The van der Waals surface area contributed by atoms with Crippen molar-refractivity contribution in [2.24, 2.45) is 11.8 Å². The van der Waals surface area contributed by atoms with Crippen molar-refractivity contribution in [3.8, 4) is 0 Å². The van der Waals surface area contributed by atoms with Gasteiger partial charge >= 0.3 is 0 Å². The number of amides is 3. The van der Waals surface area contributed by atoms with Crippen molar-refractivity contribution in [3.63, 3.8) is 0 Å². The second-order valence-corrected chi connectivity index (χ2v) is 7.53. The van der Waals surface area contributed by atoms with E-state index in [1.54, 1.807) is 11.8 Å². The maximum absolute atomic E-state index is 13.0. The molecular formula is C21H25N3O3. The molecular weight excluding hydrogens is 342 g/mol. The van der Waals surface area contributed by atoms with Gasteiger partial charge in [-0.05, 0) is 31.9 Å². The van der Waals surface area contributed by atoms with Gasteiger partial charge < -0.3 is 9.80 Å². The number of carbonyl (C=O) groups is 3. The van der Waals surface area contributed by atoms with E-state index in [0.29, 0.717) is 25.9 Å². The highest BCUT2D eigenvalue weighted by atomic mass is 16.2. The smallest absolute Gasteiger partial charge is 0.245 e. The fourth-order valence-electron chi connectivity index (χ4n) is 4.41. The molecule has 4 rings (SSSR count). The third-order valence-corrected chi connectivity index (χ3v) is 6.00. The van der Waals surface area contributed by atoms with E-state index in [-0.39, 0.29) is 29.6 Å². The molecule has 0 radical (unpaired) electrons. The predicted octanol–water partition coefficient (Wildman–Crippen LogP) is 1.67. The number of benzene rings is 1. The number of rotatable bonds is 3. The van der Waals surface area contributed by atoms with Crippen LogP contribution in [0.4, 0.5) is 5.69 Å². The summed E-state index contributed by atoms with van der Waals surface area (Å²) in [7, 11) is 0. The maximum atomic E-state index is 13.0. The van der Waals surface area contributed by atoms with E-state index in [1.165, 1.54) is 4.90 Å². The van der Waals surface area contributed by atoms with Gasteiger partial charge in [0, 0.05) is 31.9 Å². The number of para-hydroxylation sites is 1. The standard InChI is InChI=1S/C21H25N3O3/c1-15(24-20(26)17-9-5-6-10-18(17)21(24)27)19(25)23-13-11-22(12-14-23)16-7-3-2-4-8-16/h2-8,15,17-18H,9-14H2,1H3/t15-,17+,18+/m0/s1. The summed E-state index contributed by atoms with van der Waals surface area (Å²) >= 11 is 0. The zero-order valence-electron chi connectivity index (χ0n) is 15.6. The molecule has 2 aliphatic heterocycles. The van der Waals surface area contributed by atoms with Crippen LogP contribution in [0.2, 0.25) is 0 Å². The van der Waals surface area contributed by atoms with Gasteiger partial charge in [-0.3, -0.25) is 19.3 Å². The molecule has 1 aromatic rings. The van der Waals surface area contributed by atoms with Crippen LogP contribution in [0.1, 0.15) is 19.8 Å². The van der Waals surface area contributed by atoms with E-state index in [2.05, 4.69) is 17.0 Å². The van der Waals surface area contributed by atoms with Crippen molar-refractivity contribution in [2.75, 3.05) is 31.1 Å². The summed E-state index contributed by atoms with van der Waals surface area (Å²) < 4.78 is 0. The second kappa shape index (κ2) is 7.18. The van der Waals surface area contributed by atoms with Crippen LogP contribution in [0.15, 0.2) is 42.5 Å². The Labute approximate surface area is 159 Å². The van der Waals surface area contributed by atoms with Crippen molar-refractivity contribution in [2.45, 2.75) is 25.8 Å². The largest absolute Gasteiger partial charge is 0.368 e. The monoisotopic (exact) mass is 367 g/mol. The Hall–Kier alpha value is -2.63. The lowest BCUT2D eigenvalue weighted by atomic mass is 9.85. The summed E-state index contributed by atoms with van der Waals surface area (Å²) in [5, 5.41) is 0. The highest BCUT2D eigenvalue weighted by Crippen LogP contribution is 2.36. The molecule has 0 unspecified atom stereocenters. The molecule has 0 spiro atoms. The van der Waals surface area contributed by atoms with Gasteiger partial charge in [0.15, 0.2) is 0 Å². The lowest BCUT2D eigenvalue weighted by Gasteiger charge is -2.38. The van der Waals surface area contributed by atoms with Crippen LogP contribution in [0.5, 0.6) is 0 Å². The molecule has 3 amide bonds. The molecule has 142 valence electrons. The Kier molecular flexibility index (Phi) is 4.72. The lowest BCUT2D eigenvalue weighted by Crippen LogP contribution is -2.55. The number of nitrogens with zero attached hydrogens (tertiary/aromatic N) is 3. The number of hydrogen-bond donors (Lipinski definition) is 0. The van der Waals surface area contributed by atoms with Crippen molar-refractivity contribution in [1.29, 1.82) is 0 Å². The first-order chi connectivity index (χ1) is 13.1. The number of anilines is 1. The van der Waals surface area contributed by atoms with Crippen LogP contribution < -0.4 is 4.90 Å². The zero-order valence-corrected chi connectivity index (χ0v) is 15.6. The molecule has 0 bridgehead atoms. The highest BCUT2D eigenvalue weighted by Gasteiger charge is 2.50. The number of carbonyl (C=O) groups excluding carboxylic acids is 3. The maximum Gasteiger partial charge on any atom is 0.245 e. The van der Waals surface area contributed by atoms with Gasteiger partial charge in [0.25, 0.3) is 0 Å². The molecule has 0 N–H and O–H groups in total. The molecule has 0 aromatic heterocycles. The van der Waals surface area contributed by atoms with E-state index in [1.807, 2.05) is 30.4 Å². The number of allylic oxidation sites excluding steroid dienone is 2. The summed E-state index contributed by atoms with van der Waals surface area (Å²) in [6.07, 6.45) is 5.13. The Morgan fingerprint density at radius 2 is 1.48 bits per heavy atom. The van der Waals surface area contributed by atoms with E-state index in [9.17, 15) is 14.4 Å². The first-order valence-electron chi connectivity index (χ1n) is 9.68. The number of likely N-dealkylation sites (tertiary alicyclic amines) is 1. The minimum absolute atomic E-state index is 0.129. The van der Waals surface area contributed by atoms with Crippen LogP contribution >= 0.6 is 0 Å².